The van der Waals surface area contributed by atoms with Crippen LogP contribution in [0.1, 0.15) is 37.7 Å². The minimum absolute atomic E-state index is 0.103. The van der Waals surface area contributed by atoms with Gasteiger partial charge in [0.25, 0.3) is 11.8 Å². The fourth-order valence-electron chi connectivity index (χ4n) is 4.38. The van der Waals surface area contributed by atoms with E-state index in [0.29, 0.717) is 29.8 Å². The Hall–Kier alpha value is -3.82. The number of amides is 2. The van der Waals surface area contributed by atoms with Crippen molar-refractivity contribution < 1.29 is 18.7 Å². The lowest BCUT2D eigenvalue weighted by Crippen LogP contribution is -2.41. The Balaban J connectivity index is 1.23. The van der Waals surface area contributed by atoms with Crippen molar-refractivity contribution >= 4 is 23.7 Å². The summed E-state index contributed by atoms with van der Waals surface area (Å²) in [5, 5.41) is 5.75. The average molecular weight is 490 g/mol. The van der Waals surface area contributed by atoms with Crippen LogP contribution in [-0.2, 0) is 11.2 Å². The Morgan fingerprint density at radius 3 is 2.75 bits per heavy atom. The molecule has 0 atom stereocenters. The third-order valence-corrected chi connectivity index (χ3v) is 6.40. The minimum Gasteiger partial charge on any atom is -0.379 e. The van der Waals surface area contributed by atoms with Crippen LogP contribution in [0.15, 0.2) is 48.7 Å². The number of halogens is 1. The Morgan fingerprint density at radius 2 is 1.97 bits per heavy atom. The number of aromatic amines is 1. The number of rotatable bonds is 7. The van der Waals surface area contributed by atoms with Gasteiger partial charge in [0.05, 0.1) is 24.5 Å². The molecule has 0 bridgehead atoms. The second kappa shape index (κ2) is 10.8. The van der Waals surface area contributed by atoms with E-state index in [9.17, 15) is 9.59 Å². The van der Waals surface area contributed by atoms with E-state index in [2.05, 4.69) is 25.5 Å². The number of H-pyrrole nitrogens is 1. The van der Waals surface area contributed by atoms with E-state index in [0.717, 1.165) is 56.2 Å². The van der Waals surface area contributed by atoms with Crippen LogP contribution >= 0.6 is 0 Å². The van der Waals surface area contributed by atoms with Gasteiger partial charge in [0, 0.05) is 67.9 Å². The van der Waals surface area contributed by atoms with Gasteiger partial charge >= 0.3 is 0 Å². The molecule has 4 heterocycles. The van der Waals surface area contributed by atoms with Gasteiger partial charge in [-0.05, 0) is 42.0 Å². The van der Waals surface area contributed by atoms with Gasteiger partial charge in [-0.25, -0.2) is 4.39 Å². The summed E-state index contributed by atoms with van der Waals surface area (Å²) in [6, 6.07) is 12.0. The molecular weight excluding hydrogens is 461 g/mol. The quantitative estimate of drug-likeness (QED) is 0.474. The van der Waals surface area contributed by atoms with E-state index in [1.165, 1.54) is 6.08 Å². The molecule has 3 aromatic rings. The zero-order valence-corrected chi connectivity index (χ0v) is 19.9. The van der Waals surface area contributed by atoms with Crippen molar-refractivity contribution in [2.75, 3.05) is 45.9 Å². The maximum Gasteiger partial charge on any atom is 0.253 e. The second-order valence-electron chi connectivity index (χ2n) is 8.84. The summed E-state index contributed by atoms with van der Waals surface area (Å²) in [7, 11) is 0. The lowest BCUT2D eigenvalue weighted by atomic mass is 10.1. The van der Waals surface area contributed by atoms with Crippen LogP contribution in [0.5, 0.6) is 0 Å². The highest BCUT2D eigenvalue weighted by Gasteiger charge is 2.20. The molecule has 0 saturated carbocycles. The van der Waals surface area contributed by atoms with Crippen LogP contribution in [0, 0.1) is 0 Å². The number of hydrogen-bond acceptors (Lipinski definition) is 5. The number of nitrogens with one attached hydrogen (secondary N) is 3. The number of pyridine rings is 1. The van der Waals surface area contributed by atoms with Crippen molar-refractivity contribution in [3.05, 3.63) is 76.7 Å². The molecule has 1 fully saturated rings. The number of benzene rings is 1. The topological polar surface area (TPSA) is 99.4 Å². The largest absolute Gasteiger partial charge is 0.379 e. The highest BCUT2D eigenvalue weighted by Crippen LogP contribution is 2.27. The van der Waals surface area contributed by atoms with E-state index in [-0.39, 0.29) is 17.5 Å². The van der Waals surface area contributed by atoms with Crippen LogP contribution in [0.4, 0.5) is 4.39 Å². The van der Waals surface area contributed by atoms with Crippen molar-refractivity contribution in [1.82, 2.24) is 25.5 Å². The molecule has 2 aromatic heterocycles. The fourth-order valence-corrected chi connectivity index (χ4v) is 4.38. The fraction of sp³-hybridized carbons (Fsp3) is 0.296. The van der Waals surface area contributed by atoms with Crippen LogP contribution in [0.25, 0.3) is 23.2 Å². The minimum atomic E-state index is -0.492. The van der Waals surface area contributed by atoms with Crippen molar-refractivity contribution in [2.24, 2.45) is 0 Å². The summed E-state index contributed by atoms with van der Waals surface area (Å²) < 4.78 is 20.4. The summed E-state index contributed by atoms with van der Waals surface area (Å²) in [5.41, 5.74) is 4.33. The molecule has 9 heteroatoms. The maximum atomic E-state index is 15.0. The molecule has 0 unspecified atom stereocenters. The zero-order chi connectivity index (χ0) is 24.9. The Morgan fingerprint density at radius 1 is 1.17 bits per heavy atom. The highest BCUT2D eigenvalue weighted by atomic mass is 19.1. The van der Waals surface area contributed by atoms with E-state index < -0.39 is 5.83 Å². The molecule has 2 aliphatic rings. The molecule has 8 nitrogen and oxygen atoms in total. The predicted molar refractivity (Wildman–Crippen MR) is 135 cm³/mol. The maximum absolute atomic E-state index is 15.0. The lowest BCUT2D eigenvalue weighted by Gasteiger charge is -2.26. The van der Waals surface area contributed by atoms with Gasteiger partial charge < -0.3 is 20.4 Å². The van der Waals surface area contributed by atoms with Crippen molar-refractivity contribution in [2.45, 2.75) is 6.42 Å². The van der Waals surface area contributed by atoms with Crippen LogP contribution < -0.4 is 10.6 Å². The Labute approximate surface area is 208 Å². The van der Waals surface area contributed by atoms with Crippen molar-refractivity contribution in [1.29, 1.82) is 0 Å². The van der Waals surface area contributed by atoms with Gasteiger partial charge in [-0.3, -0.25) is 19.5 Å². The summed E-state index contributed by atoms with van der Waals surface area (Å²) >= 11 is 0. The lowest BCUT2D eigenvalue weighted by molar-refractivity contribution is 0.0383. The summed E-state index contributed by atoms with van der Waals surface area (Å²) in [5.74, 6) is -0.752. The first kappa shape index (κ1) is 23.9. The SMILES string of the molecule is O=C(NCCN1CCOCC1)c1ccc(C=C(F)c2cc(-c3cc4c([nH]3)CCNC4=O)ccn2)cc1. The summed E-state index contributed by atoms with van der Waals surface area (Å²) in [6.07, 6.45) is 3.66. The zero-order valence-electron chi connectivity index (χ0n) is 19.9. The van der Waals surface area contributed by atoms with Gasteiger partial charge in [0.15, 0.2) is 0 Å². The normalized spacial score (nSPS) is 16.4. The number of hydrogen-bond donors (Lipinski definition) is 3. The summed E-state index contributed by atoms with van der Waals surface area (Å²) in [4.78, 5) is 34.2. The number of carbonyl (C=O) groups excluding carboxylic acids is 2. The van der Waals surface area contributed by atoms with Gasteiger partial charge in [-0.1, -0.05) is 12.1 Å². The first-order valence-electron chi connectivity index (χ1n) is 12.1. The van der Waals surface area contributed by atoms with Gasteiger partial charge in [0.1, 0.15) is 5.83 Å². The van der Waals surface area contributed by atoms with E-state index >= 15 is 4.39 Å². The average Bonchev–Trinajstić information content (AvgIpc) is 3.36. The molecule has 0 spiro atoms. The molecule has 2 amide bonds. The van der Waals surface area contributed by atoms with E-state index in [1.807, 2.05) is 0 Å². The van der Waals surface area contributed by atoms with Crippen molar-refractivity contribution in [3.8, 4) is 11.3 Å². The molecule has 1 saturated heterocycles. The smallest absolute Gasteiger partial charge is 0.253 e. The second-order valence-corrected chi connectivity index (χ2v) is 8.84. The molecule has 1 aromatic carbocycles. The van der Waals surface area contributed by atoms with Gasteiger partial charge in [0.2, 0.25) is 0 Å². The standard InChI is InChI=1S/C27H28FN5O3/c28-22(25-16-20(5-7-29-25)24-17-21-23(32-24)6-8-30-27(21)35)15-18-1-3-19(4-2-18)26(34)31-9-10-33-11-13-36-14-12-33/h1-5,7,15-17,32H,6,8-14H2,(H,30,35)(H,31,34). The van der Waals surface area contributed by atoms with Gasteiger partial charge in [-0.2, -0.15) is 0 Å². The van der Waals surface area contributed by atoms with Crippen LogP contribution in [0.2, 0.25) is 0 Å². The van der Waals surface area contributed by atoms with Crippen LogP contribution in [0.3, 0.4) is 0 Å². The number of aromatic nitrogens is 2. The molecule has 36 heavy (non-hydrogen) atoms. The molecule has 2 aliphatic heterocycles. The number of fused-ring (bicyclic) bond motifs is 1. The number of carbonyl (C=O) groups is 2. The highest BCUT2D eigenvalue weighted by molar-refractivity contribution is 5.98. The molecule has 3 N–H and O–H groups in total. The summed E-state index contributed by atoms with van der Waals surface area (Å²) in [6.45, 7) is 5.16. The molecule has 0 radical (unpaired) electrons. The van der Waals surface area contributed by atoms with E-state index in [4.69, 9.17) is 4.74 Å². The van der Waals surface area contributed by atoms with E-state index in [1.54, 1.807) is 48.7 Å². The Bertz CT molecular complexity index is 1280. The number of ether oxygens (including phenoxy) is 1. The van der Waals surface area contributed by atoms with Gasteiger partial charge in [-0.15, -0.1) is 0 Å². The molecular formula is C27H28FN5O3. The Kier molecular flexibility index (Phi) is 7.20. The third-order valence-electron chi connectivity index (χ3n) is 6.40. The monoisotopic (exact) mass is 489 g/mol. The van der Waals surface area contributed by atoms with Crippen LogP contribution in [-0.4, -0.2) is 72.6 Å². The first-order chi connectivity index (χ1) is 17.6. The van der Waals surface area contributed by atoms with Crippen molar-refractivity contribution in [3.63, 3.8) is 0 Å². The predicted octanol–water partition coefficient (Wildman–Crippen LogP) is 2.89. The third kappa shape index (κ3) is 5.53. The first-order valence-corrected chi connectivity index (χ1v) is 12.1. The number of morpholine rings is 1. The molecule has 186 valence electrons. The number of nitrogens with zero attached hydrogens (tertiary/aromatic N) is 2. The molecule has 5 rings (SSSR count). The molecule has 0 aliphatic carbocycles.